The molecule has 0 bridgehead atoms. The number of hydrogen-bond donors (Lipinski definition) is 1. The molecular formula is C22H37N5O3. The molecule has 0 unspecified atom stereocenters. The molecule has 2 saturated heterocycles. The van der Waals surface area contributed by atoms with E-state index in [0.717, 1.165) is 77.0 Å². The van der Waals surface area contributed by atoms with Gasteiger partial charge in [0, 0.05) is 64.0 Å². The van der Waals surface area contributed by atoms with Crippen LogP contribution in [-0.2, 0) is 16.1 Å². The van der Waals surface area contributed by atoms with Gasteiger partial charge in [0.25, 0.3) is 0 Å². The third-order valence-corrected chi connectivity index (χ3v) is 6.98. The molecule has 1 aromatic rings. The lowest BCUT2D eigenvalue weighted by atomic mass is 9.79. The summed E-state index contributed by atoms with van der Waals surface area (Å²) in [5.74, 6) is 1.02. The van der Waals surface area contributed by atoms with Gasteiger partial charge in [0.15, 0.2) is 0 Å². The number of nitrogens with one attached hydrogen (secondary N) is 1. The number of piperazine rings is 1. The van der Waals surface area contributed by atoms with Crippen molar-refractivity contribution in [3.05, 3.63) is 17.5 Å². The van der Waals surface area contributed by atoms with Gasteiger partial charge in [-0.2, -0.15) is 0 Å². The van der Waals surface area contributed by atoms with Crippen LogP contribution in [0.5, 0.6) is 0 Å². The fourth-order valence-corrected chi connectivity index (χ4v) is 5.20. The molecule has 0 radical (unpaired) electrons. The molecule has 3 heterocycles. The number of morpholine rings is 1. The molecule has 168 valence electrons. The molecule has 0 aromatic carbocycles. The van der Waals surface area contributed by atoms with Crippen LogP contribution in [0.15, 0.2) is 10.6 Å². The summed E-state index contributed by atoms with van der Waals surface area (Å²) in [7, 11) is 0. The van der Waals surface area contributed by atoms with Crippen LogP contribution in [-0.4, -0.2) is 96.9 Å². The Balaban J connectivity index is 1.21. The van der Waals surface area contributed by atoms with Crippen LogP contribution in [0.3, 0.4) is 0 Å². The molecule has 8 nitrogen and oxygen atoms in total. The lowest BCUT2D eigenvalue weighted by Crippen LogP contribution is -2.60. The Kier molecular flexibility index (Phi) is 7.41. The number of carbonyl (C=O) groups excluding carboxylic acids is 1. The largest absolute Gasteiger partial charge is 0.379 e. The number of aromatic nitrogens is 1. The predicted octanol–water partition coefficient (Wildman–Crippen LogP) is 1.25. The van der Waals surface area contributed by atoms with Gasteiger partial charge in [-0.15, -0.1) is 0 Å². The van der Waals surface area contributed by atoms with Crippen LogP contribution in [0.4, 0.5) is 0 Å². The van der Waals surface area contributed by atoms with Gasteiger partial charge >= 0.3 is 0 Å². The summed E-state index contributed by atoms with van der Waals surface area (Å²) in [5, 5.41) is 7.38. The van der Waals surface area contributed by atoms with Crippen LogP contribution in [0.2, 0.25) is 0 Å². The summed E-state index contributed by atoms with van der Waals surface area (Å²) in [6.07, 6.45) is 6.22. The molecule has 1 aromatic heterocycles. The number of hydrogen-bond acceptors (Lipinski definition) is 7. The third-order valence-electron chi connectivity index (χ3n) is 6.98. The lowest BCUT2D eigenvalue weighted by Gasteiger charge is -2.48. The quantitative estimate of drug-likeness (QED) is 0.713. The first-order valence-electron chi connectivity index (χ1n) is 11.6. The first-order valence-corrected chi connectivity index (χ1v) is 11.6. The highest BCUT2D eigenvalue weighted by atomic mass is 16.5. The van der Waals surface area contributed by atoms with E-state index in [1.165, 1.54) is 32.1 Å². The molecule has 4 rings (SSSR count). The topological polar surface area (TPSA) is 74.1 Å². The lowest BCUT2D eigenvalue weighted by molar-refractivity contribution is -0.124. The molecule has 0 atom stereocenters. The van der Waals surface area contributed by atoms with Crippen molar-refractivity contribution < 1.29 is 14.1 Å². The molecular weight excluding hydrogens is 382 g/mol. The van der Waals surface area contributed by atoms with E-state index in [1.807, 2.05) is 13.0 Å². The van der Waals surface area contributed by atoms with Gasteiger partial charge in [0.2, 0.25) is 5.91 Å². The SMILES string of the molecule is Cc1cc(CN2CCN(CC(=O)NCC3(N4CCOCC4)CCCCC3)CC2)no1. The van der Waals surface area contributed by atoms with Crippen molar-refractivity contribution in [2.75, 3.05) is 65.6 Å². The maximum atomic E-state index is 12.7. The predicted molar refractivity (Wildman–Crippen MR) is 114 cm³/mol. The third kappa shape index (κ3) is 5.60. The van der Waals surface area contributed by atoms with E-state index in [9.17, 15) is 4.79 Å². The Morgan fingerprint density at radius 2 is 1.77 bits per heavy atom. The number of nitrogens with zero attached hydrogens (tertiary/aromatic N) is 4. The highest BCUT2D eigenvalue weighted by Gasteiger charge is 2.38. The zero-order valence-corrected chi connectivity index (χ0v) is 18.4. The molecule has 1 aliphatic carbocycles. The average molecular weight is 420 g/mol. The minimum absolute atomic E-state index is 0.131. The van der Waals surface area contributed by atoms with E-state index in [2.05, 4.69) is 25.2 Å². The Morgan fingerprint density at radius 3 is 2.43 bits per heavy atom. The summed E-state index contributed by atoms with van der Waals surface area (Å²) < 4.78 is 10.7. The summed E-state index contributed by atoms with van der Waals surface area (Å²) in [5.41, 5.74) is 1.12. The van der Waals surface area contributed by atoms with Crippen molar-refractivity contribution in [2.24, 2.45) is 0 Å². The van der Waals surface area contributed by atoms with E-state index < -0.39 is 0 Å². The molecule has 1 amide bonds. The Labute approximate surface area is 179 Å². The first kappa shape index (κ1) is 21.7. The van der Waals surface area contributed by atoms with Crippen LogP contribution >= 0.6 is 0 Å². The molecule has 1 saturated carbocycles. The van der Waals surface area contributed by atoms with E-state index in [0.29, 0.717) is 6.54 Å². The molecule has 8 heteroatoms. The molecule has 30 heavy (non-hydrogen) atoms. The van der Waals surface area contributed by atoms with Crippen molar-refractivity contribution in [1.29, 1.82) is 0 Å². The monoisotopic (exact) mass is 419 g/mol. The van der Waals surface area contributed by atoms with Gasteiger partial charge in [0.1, 0.15) is 5.76 Å². The minimum Gasteiger partial charge on any atom is -0.379 e. The van der Waals surface area contributed by atoms with Crippen molar-refractivity contribution >= 4 is 5.91 Å². The maximum absolute atomic E-state index is 12.7. The molecule has 3 fully saturated rings. The second-order valence-corrected chi connectivity index (χ2v) is 9.14. The fraction of sp³-hybridized carbons (Fsp3) is 0.818. The highest BCUT2D eigenvalue weighted by molar-refractivity contribution is 5.78. The van der Waals surface area contributed by atoms with Gasteiger partial charge in [-0.1, -0.05) is 24.4 Å². The summed E-state index contributed by atoms with van der Waals surface area (Å²) in [6.45, 7) is 11.4. The van der Waals surface area contributed by atoms with E-state index in [1.54, 1.807) is 0 Å². The zero-order valence-electron chi connectivity index (χ0n) is 18.4. The number of carbonyl (C=O) groups is 1. The van der Waals surface area contributed by atoms with Crippen molar-refractivity contribution in [3.8, 4) is 0 Å². The Bertz CT molecular complexity index is 674. The number of ether oxygens (including phenoxy) is 1. The van der Waals surface area contributed by atoms with Crippen LogP contribution in [0, 0.1) is 6.92 Å². The van der Waals surface area contributed by atoms with E-state index in [-0.39, 0.29) is 11.4 Å². The van der Waals surface area contributed by atoms with Crippen LogP contribution in [0.25, 0.3) is 0 Å². The number of amides is 1. The molecule has 2 aliphatic heterocycles. The molecule has 3 aliphatic rings. The van der Waals surface area contributed by atoms with Crippen molar-refractivity contribution in [1.82, 2.24) is 25.2 Å². The van der Waals surface area contributed by atoms with Gasteiger partial charge in [-0.05, 0) is 19.8 Å². The number of aryl methyl sites for hydroxylation is 1. The maximum Gasteiger partial charge on any atom is 0.234 e. The molecule has 0 spiro atoms. The highest BCUT2D eigenvalue weighted by Crippen LogP contribution is 2.33. The summed E-state index contributed by atoms with van der Waals surface area (Å²) in [4.78, 5) is 19.9. The number of rotatable bonds is 7. The van der Waals surface area contributed by atoms with E-state index >= 15 is 0 Å². The Morgan fingerprint density at radius 1 is 1.07 bits per heavy atom. The van der Waals surface area contributed by atoms with Gasteiger partial charge < -0.3 is 14.6 Å². The Hall–Kier alpha value is -1.48. The van der Waals surface area contributed by atoms with Gasteiger partial charge in [-0.3, -0.25) is 19.5 Å². The van der Waals surface area contributed by atoms with Crippen LogP contribution < -0.4 is 5.32 Å². The average Bonchev–Trinajstić information content (AvgIpc) is 3.19. The van der Waals surface area contributed by atoms with Crippen LogP contribution in [0.1, 0.15) is 43.6 Å². The van der Waals surface area contributed by atoms with Gasteiger partial charge in [-0.25, -0.2) is 0 Å². The fourth-order valence-electron chi connectivity index (χ4n) is 5.20. The van der Waals surface area contributed by atoms with E-state index in [4.69, 9.17) is 9.26 Å². The summed E-state index contributed by atoms with van der Waals surface area (Å²) in [6, 6.07) is 2.00. The molecule has 1 N–H and O–H groups in total. The second-order valence-electron chi connectivity index (χ2n) is 9.14. The second kappa shape index (κ2) is 10.2. The summed E-state index contributed by atoms with van der Waals surface area (Å²) >= 11 is 0. The first-order chi connectivity index (χ1) is 14.6. The van der Waals surface area contributed by atoms with Crippen molar-refractivity contribution in [2.45, 2.75) is 51.1 Å². The van der Waals surface area contributed by atoms with Gasteiger partial charge in [0.05, 0.1) is 25.5 Å². The zero-order chi connectivity index (χ0) is 20.8. The normalized spacial score (nSPS) is 24.0. The van der Waals surface area contributed by atoms with Crippen molar-refractivity contribution in [3.63, 3.8) is 0 Å². The smallest absolute Gasteiger partial charge is 0.234 e. The standard InChI is InChI=1S/C22H37N5O3/c1-19-15-20(24-30-19)16-25-7-9-26(10-8-25)17-21(28)23-18-22(5-3-2-4-6-22)27-11-13-29-14-12-27/h15H,2-14,16-18H2,1H3,(H,23,28). The minimum atomic E-state index is 0.131.